The molecule has 1 aliphatic carbocycles. The Morgan fingerprint density at radius 1 is 1.29 bits per heavy atom. The highest BCUT2D eigenvalue weighted by Gasteiger charge is 2.36. The summed E-state index contributed by atoms with van der Waals surface area (Å²) in [5, 5.41) is 3.17. The minimum absolute atomic E-state index is 0.151. The highest BCUT2D eigenvalue weighted by molar-refractivity contribution is 5.83. The van der Waals surface area contributed by atoms with Crippen molar-refractivity contribution in [3.05, 3.63) is 35.4 Å². The van der Waals surface area contributed by atoms with E-state index in [0.717, 1.165) is 38.6 Å². The van der Waals surface area contributed by atoms with Gasteiger partial charge in [-0.25, -0.2) is 0 Å². The number of hydrogen-bond donors (Lipinski definition) is 2. The van der Waals surface area contributed by atoms with Gasteiger partial charge in [-0.05, 0) is 30.4 Å². The van der Waals surface area contributed by atoms with Gasteiger partial charge in [0.05, 0.1) is 5.41 Å². The summed E-state index contributed by atoms with van der Waals surface area (Å²) in [4.78, 5) is 12.6. The van der Waals surface area contributed by atoms with Gasteiger partial charge < -0.3 is 11.1 Å². The largest absolute Gasteiger partial charge is 0.355 e. The zero-order chi connectivity index (χ0) is 15.3. The molecule has 0 fully saturated rings. The van der Waals surface area contributed by atoms with Crippen molar-refractivity contribution < 1.29 is 4.79 Å². The van der Waals surface area contributed by atoms with Crippen LogP contribution >= 0.6 is 0 Å². The van der Waals surface area contributed by atoms with Crippen LogP contribution in [0.1, 0.15) is 56.6 Å². The Kier molecular flexibility index (Phi) is 5.40. The quantitative estimate of drug-likeness (QED) is 0.772. The third kappa shape index (κ3) is 3.29. The molecule has 0 heterocycles. The van der Waals surface area contributed by atoms with E-state index in [9.17, 15) is 4.79 Å². The number of carbonyl (C=O) groups excluding carboxylic acids is 1. The van der Waals surface area contributed by atoms with E-state index in [4.69, 9.17) is 5.73 Å². The first-order chi connectivity index (χ1) is 10.2. The summed E-state index contributed by atoms with van der Waals surface area (Å²) in [6.07, 6.45) is 4.83. The van der Waals surface area contributed by atoms with E-state index in [1.165, 1.54) is 11.1 Å². The Morgan fingerprint density at radius 3 is 2.52 bits per heavy atom. The van der Waals surface area contributed by atoms with Crippen molar-refractivity contribution in [2.24, 2.45) is 11.1 Å². The highest BCUT2D eigenvalue weighted by atomic mass is 16.2. The summed E-state index contributed by atoms with van der Waals surface area (Å²) in [5.41, 5.74) is 8.39. The molecule has 1 unspecified atom stereocenters. The van der Waals surface area contributed by atoms with Gasteiger partial charge in [0.25, 0.3) is 0 Å². The predicted octanol–water partition coefficient (Wildman–Crippen LogP) is 2.99. The van der Waals surface area contributed by atoms with Crippen LogP contribution in [0.4, 0.5) is 0 Å². The smallest absolute Gasteiger partial charge is 0.227 e. The fourth-order valence-corrected chi connectivity index (χ4v) is 3.55. The van der Waals surface area contributed by atoms with Gasteiger partial charge in [-0.15, -0.1) is 0 Å². The number of nitrogens with one attached hydrogen (secondary N) is 1. The van der Waals surface area contributed by atoms with E-state index in [1.54, 1.807) is 0 Å². The number of nitrogens with two attached hydrogens (primary N) is 1. The maximum atomic E-state index is 12.6. The van der Waals surface area contributed by atoms with Crippen molar-refractivity contribution in [3.8, 4) is 0 Å². The zero-order valence-corrected chi connectivity index (χ0v) is 13.3. The molecule has 1 amide bonds. The van der Waals surface area contributed by atoms with Crippen molar-refractivity contribution in [1.29, 1.82) is 0 Å². The lowest BCUT2D eigenvalue weighted by Gasteiger charge is -2.34. The Hall–Kier alpha value is -1.35. The Bertz CT molecular complexity index is 478. The number of carbonyl (C=O) groups is 1. The van der Waals surface area contributed by atoms with Crippen LogP contribution in [-0.2, 0) is 11.2 Å². The topological polar surface area (TPSA) is 55.1 Å². The number of benzene rings is 1. The fraction of sp³-hybridized carbons (Fsp3) is 0.611. The van der Waals surface area contributed by atoms with Crippen LogP contribution in [-0.4, -0.2) is 19.0 Å². The molecule has 0 saturated carbocycles. The second-order valence-corrected chi connectivity index (χ2v) is 6.29. The molecule has 1 atom stereocenters. The summed E-state index contributed by atoms with van der Waals surface area (Å²) in [5.74, 6) is 0.627. The van der Waals surface area contributed by atoms with Crippen LogP contribution < -0.4 is 11.1 Å². The lowest BCUT2D eigenvalue weighted by molar-refractivity contribution is -0.131. The first-order valence-corrected chi connectivity index (χ1v) is 8.23. The molecular formula is C18H28N2O. The standard InChI is InChI=1S/C18H28N2O/c1-3-9-18(13-19,10-4-2)17(21)20-12-15-11-14-7-5-6-8-16(14)15/h5-8,15H,3-4,9-13,19H2,1-2H3,(H,20,21). The lowest BCUT2D eigenvalue weighted by atomic mass is 9.76. The van der Waals surface area contributed by atoms with E-state index in [2.05, 4.69) is 43.4 Å². The van der Waals surface area contributed by atoms with Gasteiger partial charge in [0.1, 0.15) is 0 Å². The van der Waals surface area contributed by atoms with Crippen molar-refractivity contribution >= 4 is 5.91 Å². The summed E-state index contributed by atoms with van der Waals surface area (Å²) >= 11 is 0. The molecule has 116 valence electrons. The van der Waals surface area contributed by atoms with Crippen LogP contribution in [0, 0.1) is 5.41 Å². The van der Waals surface area contributed by atoms with E-state index in [0.29, 0.717) is 12.5 Å². The molecule has 3 nitrogen and oxygen atoms in total. The first kappa shape index (κ1) is 16.0. The third-order valence-electron chi connectivity index (χ3n) is 4.80. The van der Waals surface area contributed by atoms with Crippen LogP contribution in [0.25, 0.3) is 0 Å². The molecule has 21 heavy (non-hydrogen) atoms. The van der Waals surface area contributed by atoms with Crippen molar-refractivity contribution in [1.82, 2.24) is 5.32 Å². The maximum absolute atomic E-state index is 12.6. The maximum Gasteiger partial charge on any atom is 0.227 e. The van der Waals surface area contributed by atoms with E-state index < -0.39 is 0 Å². The van der Waals surface area contributed by atoms with Gasteiger partial charge in [-0.2, -0.15) is 0 Å². The van der Waals surface area contributed by atoms with Gasteiger partial charge >= 0.3 is 0 Å². The number of amides is 1. The molecule has 0 aliphatic heterocycles. The minimum atomic E-state index is -0.368. The van der Waals surface area contributed by atoms with Crippen molar-refractivity contribution in [3.63, 3.8) is 0 Å². The molecule has 0 spiro atoms. The second-order valence-electron chi connectivity index (χ2n) is 6.29. The van der Waals surface area contributed by atoms with Crippen LogP contribution in [0.3, 0.4) is 0 Å². The summed E-state index contributed by atoms with van der Waals surface area (Å²) in [7, 11) is 0. The number of hydrogen-bond acceptors (Lipinski definition) is 2. The van der Waals surface area contributed by atoms with E-state index in [1.807, 2.05) is 0 Å². The Morgan fingerprint density at radius 2 is 1.95 bits per heavy atom. The average Bonchev–Trinajstić information content (AvgIpc) is 2.47. The number of rotatable bonds is 8. The Labute approximate surface area is 128 Å². The summed E-state index contributed by atoms with van der Waals surface area (Å²) in [6, 6.07) is 8.50. The zero-order valence-electron chi connectivity index (χ0n) is 13.3. The molecule has 0 aromatic heterocycles. The summed E-state index contributed by atoms with van der Waals surface area (Å²) in [6.45, 7) is 5.43. The fourth-order valence-electron chi connectivity index (χ4n) is 3.55. The Balaban J connectivity index is 1.94. The van der Waals surface area contributed by atoms with Crippen LogP contribution in [0.15, 0.2) is 24.3 Å². The molecular weight excluding hydrogens is 260 g/mol. The SMILES string of the molecule is CCCC(CN)(CCC)C(=O)NCC1Cc2ccccc21. The molecule has 0 bridgehead atoms. The molecule has 0 radical (unpaired) electrons. The molecule has 1 aliphatic rings. The monoisotopic (exact) mass is 288 g/mol. The van der Waals surface area contributed by atoms with Crippen LogP contribution in [0.5, 0.6) is 0 Å². The first-order valence-electron chi connectivity index (χ1n) is 8.23. The van der Waals surface area contributed by atoms with Crippen molar-refractivity contribution in [2.75, 3.05) is 13.1 Å². The van der Waals surface area contributed by atoms with Gasteiger partial charge in [0.15, 0.2) is 0 Å². The van der Waals surface area contributed by atoms with Gasteiger partial charge in [-0.3, -0.25) is 4.79 Å². The van der Waals surface area contributed by atoms with E-state index >= 15 is 0 Å². The normalized spacial score (nSPS) is 17.0. The molecule has 1 aromatic rings. The summed E-state index contributed by atoms with van der Waals surface area (Å²) < 4.78 is 0. The highest BCUT2D eigenvalue weighted by Crippen LogP contribution is 2.35. The third-order valence-corrected chi connectivity index (χ3v) is 4.80. The molecule has 3 N–H and O–H groups in total. The van der Waals surface area contributed by atoms with Gasteiger partial charge in [0, 0.05) is 19.0 Å². The molecule has 2 rings (SSSR count). The second kappa shape index (κ2) is 7.08. The molecule has 3 heteroatoms. The van der Waals surface area contributed by atoms with Crippen LogP contribution in [0.2, 0.25) is 0 Å². The predicted molar refractivity (Wildman–Crippen MR) is 87.2 cm³/mol. The molecule has 0 saturated heterocycles. The van der Waals surface area contributed by atoms with Gasteiger partial charge in [-0.1, -0.05) is 51.0 Å². The van der Waals surface area contributed by atoms with E-state index in [-0.39, 0.29) is 11.3 Å². The minimum Gasteiger partial charge on any atom is -0.355 e. The number of fused-ring (bicyclic) bond motifs is 1. The lowest BCUT2D eigenvalue weighted by Crippen LogP contribution is -2.47. The average molecular weight is 288 g/mol. The molecule has 1 aromatic carbocycles. The van der Waals surface area contributed by atoms with Crippen molar-refractivity contribution in [2.45, 2.75) is 51.9 Å². The van der Waals surface area contributed by atoms with Gasteiger partial charge in [0.2, 0.25) is 5.91 Å².